The van der Waals surface area contributed by atoms with Crippen molar-refractivity contribution in [3.63, 3.8) is 0 Å². The van der Waals surface area contributed by atoms with Crippen molar-refractivity contribution in [2.45, 2.75) is 20.3 Å². The summed E-state index contributed by atoms with van der Waals surface area (Å²) < 4.78 is 5.20. The van der Waals surface area contributed by atoms with Crippen LogP contribution in [0.1, 0.15) is 27.4 Å². The number of hydrogen-bond acceptors (Lipinski definition) is 5. The van der Waals surface area contributed by atoms with Gasteiger partial charge in [-0.15, -0.1) is 5.10 Å². The molecule has 0 aliphatic heterocycles. The van der Waals surface area contributed by atoms with Gasteiger partial charge in [0.15, 0.2) is 5.82 Å². The quantitative estimate of drug-likeness (QED) is 0.856. The van der Waals surface area contributed by atoms with E-state index < -0.39 is 5.97 Å². The number of furan rings is 1. The topological polar surface area (TPSA) is 88.3 Å². The molecule has 19 heavy (non-hydrogen) atoms. The van der Waals surface area contributed by atoms with E-state index in [2.05, 4.69) is 15.5 Å². The first kappa shape index (κ1) is 13.1. The standard InChI is InChI=1S/C13H15N3O3/c1-8-9(2)15-16-12(11(8)13(17)18)14-6-5-10-4-3-7-19-10/h3-4,7H,5-6H2,1-2H3,(H,14,16)(H,17,18). The lowest BCUT2D eigenvalue weighted by molar-refractivity contribution is 0.0696. The third kappa shape index (κ3) is 2.90. The number of carboxylic acids is 1. The maximum Gasteiger partial charge on any atom is 0.339 e. The van der Waals surface area contributed by atoms with Gasteiger partial charge >= 0.3 is 5.97 Å². The number of aromatic carboxylic acids is 1. The first-order valence-electron chi connectivity index (χ1n) is 5.93. The normalized spacial score (nSPS) is 10.4. The van der Waals surface area contributed by atoms with E-state index in [1.54, 1.807) is 20.1 Å². The maximum atomic E-state index is 11.3. The maximum absolute atomic E-state index is 11.3. The van der Waals surface area contributed by atoms with Gasteiger partial charge in [0.25, 0.3) is 0 Å². The van der Waals surface area contributed by atoms with E-state index in [1.807, 2.05) is 12.1 Å². The van der Waals surface area contributed by atoms with Crippen molar-refractivity contribution in [1.82, 2.24) is 10.2 Å². The van der Waals surface area contributed by atoms with Crippen LogP contribution in [-0.4, -0.2) is 27.8 Å². The summed E-state index contributed by atoms with van der Waals surface area (Å²) in [5, 5.41) is 20.1. The van der Waals surface area contributed by atoms with Gasteiger partial charge in [0.2, 0.25) is 0 Å². The highest BCUT2D eigenvalue weighted by molar-refractivity contribution is 5.94. The van der Waals surface area contributed by atoms with Crippen LogP contribution in [0.25, 0.3) is 0 Å². The highest BCUT2D eigenvalue weighted by atomic mass is 16.4. The van der Waals surface area contributed by atoms with Crippen LogP contribution in [-0.2, 0) is 6.42 Å². The summed E-state index contributed by atoms with van der Waals surface area (Å²) in [6.07, 6.45) is 2.26. The Hall–Kier alpha value is -2.37. The van der Waals surface area contributed by atoms with Gasteiger partial charge in [-0.3, -0.25) is 0 Å². The molecule has 0 saturated heterocycles. The summed E-state index contributed by atoms with van der Waals surface area (Å²) in [6.45, 7) is 4.00. The van der Waals surface area contributed by atoms with E-state index in [1.165, 1.54) is 0 Å². The van der Waals surface area contributed by atoms with Crippen molar-refractivity contribution in [2.75, 3.05) is 11.9 Å². The molecule has 2 rings (SSSR count). The summed E-state index contributed by atoms with van der Waals surface area (Å²) in [6, 6.07) is 3.68. The second-order valence-corrected chi connectivity index (χ2v) is 4.20. The number of anilines is 1. The van der Waals surface area contributed by atoms with Crippen molar-refractivity contribution in [3.8, 4) is 0 Å². The van der Waals surface area contributed by atoms with E-state index in [4.69, 9.17) is 4.42 Å². The zero-order valence-electron chi connectivity index (χ0n) is 10.8. The number of hydrogen-bond donors (Lipinski definition) is 2. The molecule has 0 radical (unpaired) electrons. The molecule has 6 heteroatoms. The van der Waals surface area contributed by atoms with Crippen molar-refractivity contribution >= 4 is 11.8 Å². The average Bonchev–Trinajstić information content (AvgIpc) is 2.86. The first-order chi connectivity index (χ1) is 9.09. The van der Waals surface area contributed by atoms with Crippen LogP contribution in [0.3, 0.4) is 0 Å². The second-order valence-electron chi connectivity index (χ2n) is 4.20. The largest absolute Gasteiger partial charge is 0.478 e. The molecule has 100 valence electrons. The number of aryl methyl sites for hydroxylation is 1. The van der Waals surface area contributed by atoms with Crippen LogP contribution in [0, 0.1) is 13.8 Å². The Morgan fingerprint density at radius 3 is 2.84 bits per heavy atom. The molecule has 2 N–H and O–H groups in total. The Balaban J connectivity index is 2.11. The van der Waals surface area contributed by atoms with Gasteiger partial charge in [-0.05, 0) is 31.5 Å². The molecule has 0 spiro atoms. The fraction of sp³-hybridized carbons (Fsp3) is 0.308. The van der Waals surface area contributed by atoms with Gasteiger partial charge in [0.1, 0.15) is 11.3 Å². The molecule has 2 aromatic heterocycles. The molecule has 2 heterocycles. The van der Waals surface area contributed by atoms with E-state index in [-0.39, 0.29) is 5.56 Å². The third-order valence-corrected chi connectivity index (χ3v) is 2.91. The summed E-state index contributed by atoms with van der Waals surface area (Å²) in [5.41, 5.74) is 1.42. The van der Waals surface area contributed by atoms with Gasteiger partial charge in [-0.1, -0.05) is 0 Å². The Bertz CT molecular complexity index is 579. The molecule has 0 aromatic carbocycles. The lowest BCUT2D eigenvalue weighted by Crippen LogP contribution is -2.14. The SMILES string of the molecule is Cc1nnc(NCCc2ccco2)c(C(=O)O)c1C. The summed E-state index contributed by atoms with van der Waals surface area (Å²) >= 11 is 0. The average molecular weight is 261 g/mol. The highest BCUT2D eigenvalue weighted by Gasteiger charge is 2.17. The van der Waals surface area contributed by atoms with Crippen LogP contribution in [0.5, 0.6) is 0 Å². The van der Waals surface area contributed by atoms with Crippen molar-refractivity contribution in [2.24, 2.45) is 0 Å². The predicted octanol–water partition coefficient (Wildman–Crippen LogP) is 2.04. The van der Waals surface area contributed by atoms with Gasteiger partial charge in [-0.25, -0.2) is 4.79 Å². The smallest absolute Gasteiger partial charge is 0.339 e. The molecule has 0 unspecified atom stereocenters. The van der Waals surface area contributed by atoms with Gasteiger partial charge in [-0.2, -0.15) is 5.10 Å². The highest BCUT2D eigenvalue weighted by Crippen LogP contribution is 2.18. The van der Waals surface area contributed by atoms with Crippen molar-refractivity contribution in [3.05, 3.63) is 41.0 Å². The number of rotatable bonds is 5. The minimum atomic E-state index is -1.00. The molecule has 2 aromatic rings. The van der Waals surface area contributed by atoms with E-state index in [0.29, 0.717) is 30.0 Å². The van der Waals surface area contributed by atoms with Gasteiger partial charge in [0, 0.05) is 13.0 Å². The summed E-state index contributed by atoms with van der Waals surface area (Å²) in [7, 11) is 0. The zero-order chi connectivity index (χ0) is 13.8. The number of carboxylic acid groups (broad SMARTS) is 1. The number of nitrogens with zero attached hydrogens (tertiary/aromatic N) is 2. The van der Waals surface area contributed by atoms with Crippen LogP contribution in [0.15, 0.2) is 22.8 Å². The van der Waals surface area contributed by atoms with Crippen molar-refractivity contribution in [1.29, 1.82) is 0 Å². The second kappa shape index (κ2) is 5.51. The van der Waals surface area contributed by atoms with E-state index in [0.717, 1.165) is 5.76 Å². The van der Waals surface area contributed by atoms with Crippen LogP contribution < -0.4 is 5.32 Å². The monoisotopic (exact) mass is 261 g/mol. The number of aromatic nitrogens is 2. The van der Waals surface area contributed by atoms with Crippen LogP contribution >= 0.6 is 0 Å². The number of carbonyl (C=O) groups is 1. The molecule has 0 amide bonds. The minimum Gasteiger partial charge on any atom is -0.478 e. The lowest BCUT2D eigenvalue weighted by atomic mass is 10.1. The Labute approximate surface area is 110 Å². The van der Waals surface area contributed by atoms with E-state index >= 15 is 0 Å². The summed E-state index contributed by atoms with van der Waals surface area (Å²) in [4.78, 5) is 11.3. The molecule has 0 saturated carbocycles. The van der Waals surface area contributed by atoms with E-state index in [9.17, 15) is 9.90 Å². The predicted molar refractivity (Wildman–Crippen MR) is 69.4 cm³/mol. The fourth-order valence-electron chi connectivity index (χ4n) is 1.75. The van der Waals surface area contributed by atoms with Crippen LogP contribution in [0.2, 0.25) is 0 Å². The molecule has 0 atom stereocenters. The molecular weight excluding hydrogens is 246 g/mol. The molecule has 0 aliphatic rings. The molecule has 0 bridgehead atoms. The minimum absolute atomic E-state index is 0.173. The fourth-order valence-corrected chi connectivity index (χ4v) is 1.75. The number of nitrogens with one attached hydrogen (secondary N) is 1. The zero-order valence-corrected chi connectivity index (χ0v) is 10.8. The summed E-state index contributed by atoms with van der Waals surface area (Å²) in [5.74, 6) is 0.124. The van der Waals surface area contributed by atoms with Crippen molar-refractivity contribution < 1.29 is 14.3 Å². The van der Waals surface area contributed by atoms with Gasteiger partial charge in [0.05, 0.1) is 12.0 Å². The molecule has 6 nitrogen and oxygen atoms in total. The van der Waals surface area contributed by atoms with Crippen LogP contribution in [0.4, 0.5) is 5.82 Å². The molecule has 0 aliphatic carbocycles. The molecule has 0 fully saturated rings. The Morgan fingerprint density at radius 1 is 1.42 bits per heavy atom. The van der Waals surface area contributed by atoms with Gasteiger partial charge < -0.3 is 14.8 Å². The Kier molecular flexibility index (Phi) is 3.79. The molecular formula is C13H15N3O3. The lowest BCUT2D eigenvalue weighted by Gasteiger charge is -2.10. The third-order valence-electron chi connectivity index (χ3n) is 2.91. The Morgan fingerprint density at radius 2 is 2.21 bits per heavy atom. The first-order valence-corrected chi connectivity index (χ1v) is 5.93.